The highest BCUT2D eigenvalue weighted by molar-refractivity contribution is 7.85. The maximum atomic E-state index is 11.6. The van der Waals surface area contributed by atoms with Gasteiger partial charge in [0.25, 0.3) is 0 Å². The zero-order valence-corrected chi connectivity index (χ0v) is 10.1. The zero-order chi connectivity index (χ0) is 10.3. The molecule has 0 saturated heterocycles. The summed E-state index contributed by atoms with van der Waals surface area (Å²) in [6.45, 7) is 9.43. The van der Waals surface area contributed by atoms with Gasteiger partial charge in [0.15, 0.2) is 0 Å². The molecule has 0 aromatic rings. The predicted molar refractivity (Wildman–Crippen MR) is 60.5 cm³/mol. The number of nitrogens with one attached hydrogen (secondary N) is 1. The molecule has 80 valence electrons. The van der Waals surface area contributed by atoms with Gasteiger partial charge in [-0.2, -0.15) is 0 Å². The average molecular weight is 205 g/mol. The fraction of sp³-hybridized carbons (Fsp3) is 1.00. The topological polar surface area (TPSA) is 29.1 Å². The zero-order valence-electron chi connectivity index (χ0n) is 9.30. The van der Waals surface area contributed by atoms with Gasteiger partial charge in [-0.3, -0.25) is 4.21 Å². The molecule has 0 aliphatic carbocycles. The van der Waals surface area contributed by atoms with Crippen molar-refractivity contribution in [3.8, 4) is 0 Å². The highest BCUT2D eigenvalue weighted by atomic mass is 32.2. The van der Waals surface area contributed by atoms with Crippen LogP contribution in [0.2, 0.25) is 0 Å². The van der Waals surface area contributed by atoms with E-state index in [0.717, 1.165) is 25.1 Å². The summed E-state index contributed by atoms with van der Waals surface area (Å²) in [6, 6.07) is 0.368. The Morgan fingerprint density at radius 3 is 2.31 bits per heavy atom. The molecule has 13 heavy (non-hydrogen) atoms. The van der Waals surface area contributed by atoms with E-state index in [4.69, 9.17) is 0 Å². The van der Waals surface area contributed by atoms with Gasteiger partial charge in [0, 0.05) is 27.8 Å². The van der Waals surface area contributed by atoms with Gasteiger partial charge in [-0.25, -0.2) is 0 Å². The molecule has 1 N–H and O–H groups in total. The molecule has 0 aromatic heterocycles. The van der Waals surface area contributed by atoms with E-state index in [1.165, 1.54) is 0 Å². The van der Waals surface area contributed by atoms with Crippen LogP contribution in [0.1, 0.15) is 40.5 Å². The molecule has 3 unspecified atom stereocenters. The van der Waals surface area contributed by atoms with E-state index in [1.807, 2.05) is 0 Å². The van der Waals surface area contributed by atoms with E-state index in [2.05, 4.69) is 33.0 Å². The smallest absolute Gasteiger partial charge is 0.0470 e. The third-order valence-electron chi connectivity index (χ3n) is 2.24. The van der Waals surface area contributed by atoms with Crippen molar-refractivity contribution in [1.82, 2.24) is 5.32 Å². The molecule has 0 aliphatic rings. The predicted octanol–water partition coefficient (Wildman–Crippen LogP) is 1.92. The molecule has 0 radical (unpaired) electrons. The van der Waals surface area contributed by atoms with Crippen LogP contribution in [0.15, 0.2) is 0 Å². The molecule has 0 heterocycles. The minimum atomic E-state index is -0.661. The van der Waals surface area contributed by atoms with E-state index >= 15 is 0 Å². The molecule has 0 fully saturated rings. The average Bonchev–Trinajstić information content (AvgIpc) is 2.13. The van der Waals surface area contributed by atoms with Crippen molar-refractivity contribution in [2.24, 2.45) is 0 Å². The Balaban J connectivity index is 3.79. The van der Waals surface area contributed by atoms with E-state index in [-0.39, 0.29) is 5.25 Å². The lowest BCUT2D eigenvalue weighted by Crippen LogP contribution is -2.39. The van der Waals surface area contributed by atoms with Crippen molar-refractivity contribution in [3.63, 3.8) is 0 Å². The number of rotatable bonds is 7. The first kappa shape index (κ1) is 13.1. The maximum absolute atomic E-state index is 11.6. The second kappa shape index (κ2) is 7.51. The Hall–Kier alpha value is 0.110. The minimum Gasteiger partial charge on any atom is -0.313 e. The molecule has 0 rings (SSSR count). The molecule has 2 nitrogen and oxygen atoms in total. The Labute approximate surface area is 84.9 Å². The first-order valence-corrected chi connectivity index (χ1v) is 6.62. The standard InChI is InChI=1S/C10H23NOS/c1-5-7-11-9(3)10(4)13(12)8-6-2/h9-11H,5-8H2,1-4H3. The van der Waals surface area contributed by atoms with Crippen LogP contribution in [0.25, 0.3) is 0 Å². The van der Waals surface area contributed by atoms with Gasteiger partial charge in [0.05, 0.1) is 0 Å². The van der Waals surface area contributed by atoms with E-state index < -0.39 is 10.8 Å². The largest absolute Gasteiger partial charge is 0.313 e. The monoisotopic (exact) mass is 205 g/mol. The van der Waals surface area contributed by atoms with Gasteiger partial charge in [-0.05, 0) is 33.2 Å². The lowest BCUT2D eigenvalue weighted by Gasteiger charge is -2.20. The van der Waals surface area contributed by atoms with E-state index in [9.17, 15) is 4.21 Å². The van der Waals surface area contributed by atoms with Crippen molar-refractivity contribution < 1.29 is 4.21 Å². The molecular weight excluding hydrogens is 182 g/mol. The summed E-state index contributed by atoms with van der Waals surface area (Å²) < 4.78 is 11.6. The lowest BCUT2D eigenvalue weighted by atomic mass is 10.2. The molecule has 0 saturated carbocycles. The normalized spacial score (nSPS) is 18.2. The van der Waals surface area contributed by atoms with Gasteiger partial charge in [-0.1, -0.05) is 13.8 Å². The highest BCUT2D eigenvalue weighted by Crippen LogP contribution is 2.03. The van der Waals surface area contributed by atoms with Crippen molar-refractivity contribution in [2.45, 2.75) is 51.8 Å². The quantitative estimate of drug-likeness (QED) is 0.688. The van der Waals surface area contributed by atoms with Gasteiger partial charge in [0.1, 0.15) is 0 Å². The maximum Gasteiger partial charge on any atom is 0.0470 e. The Bertz CT molecular complexity index is 150. The SMILES string of the molecule is CCCNC(C)C(C)S(=O)CCC. The van der Waals surface area contributed by atoms with Crippen molar-refractivity contribution in [3.05, 3.63) is 0 Å². The first-order valence-electron chi connectivity index (χ1n) is 5.24. The van der Waals surface area contributed by atoms with Gasteiger partial charge < -0.3 is 5.32 Å². The molecule has 3 heteroatoms. The molecule has 0 bridgehead atoms. The van der Waals surface area contributed by atoms with Crippen molar-refractivity contribution in [2.75, 3.05) is 12.3 Å². The van der Waals surface area contributed by atoms with Crippen molar-refractivity contribution >= 4 is 10.8 Å². The van der Waals surface area contributed by atoms with Crippen LogP contribution in [0, 0.1) is 0 Å². The summed E-state index contributed by atoms with van der Waals surface area (Å²) in [7, 11) is -0.661. The summed E-state index contributed by atoms with van der Waals surface area (Å²) in [5.74, 6) is 0.833. The Kier molecular flexibility index (Phi) is 7.57. The molecule has 0 spiro atoms. The Morgan fingerprint density at radius 1 is 1.23 bits per heavy atom. The summed E-state index contributed by atoms with van der Waals surface area (Å²) in [5.41, 5.74) is 0. The summed E-state index contributed by atoms with van der Waals surface area (Å²) in [4.78, 5) is 0. The third kappa shape index (κ3) is 5.42. The fourth-order valence-corrected chi connectivity index (χ4v) is 2.48. The molecule has 0 amide bonds. The van der Waals surface area contributed by atoms with Crippen LogP contribution in [0.3, 0.4) is 0 Å². The van der Waals surface area contributed by atoms with E-state index in [0.29, 0.717) is 6.04 Å². The lowest BCUT2D eigenvalue weighted by molar-refractivity contribution is 0.531. The summed E-state index contributed by atoms with van der Waals surface area (Å²) in [6.07, 6.45) is 2.15. The van der Waals surface area contributed by atoms with Crippen LogP contribution in [0.4, 0.5) is 0 Å². The second-order valence-corrected chi connectivity index (χ2v) is 5.45. The summed E-state index contributed by atoms with van der Waals surface area (Å²) >= 11 is 0. The third-order valence-corrected chi connectivity index (χ3v) is 4.29. The minimum absolute atomic E-state index is 0.270. The van der Waals surface area contributed by atoms with Gasteiger partial charge in [0.2, 0.25) is 0 Å². The Morgan fingerprint density at radius 2 is 1.85 bits per heavy atom. The van der Waals surface area contributed by atoms with Crippen LogP contribution >= 0.6 is 0 Å². The van der Waals surface area contributed by atoms with Crippen LogP contribution in [0.5, 0.6) is 0 Å². The molecular formula is C10H23NOS. The van der Waals surface area contributed by atoms with Gasteiger partial charge in [-0.15, -0.1) is 0 Å². The van der Waals surface area contributed by atoms with Crippen LogP contribution in [-0.2, 0) is 10.8 Å². The molecule has 3 atom stereocenters. The van der Waals surface area contributed by atoms with Gasteiger partial charge >= 0.3 is 0 Å². The van der Waals surface area contributed by atoms with E-state index in [1.54, 1.807) is 0 Å². The number of hydrogen-bond acceptors (Lipinski definition) is 2. The first-order chi connectivity index (χ1) is 6.13. The molecule has 0 aromatic carbocycles. The van der Waals surface area contributed by atoms with Crippen molar-refractivity contribution in [1.29, 1.82) is 0 Å². The second-order valence-electron chi connectivity index (χ2n) is 3.53. The fourth-order valence-electron chi connectivity index (χ4n) is 1.15. The van der Waals surface area contributed by atoms with Crippen LogP contribution in [-0.4, -0.2) is 27.8 Å². The summed E-state index contributed by atoms with van der Waals surface area (Å²) in [5, 5.41) is 3.65. The number of hydrogen-bond donors (Lipinski definition) is 1. The van der Waals surface area contributed by atoms with Crippen LogP contribution < -0.4 is 5.32 Å². The molecule has 0 aliphatic heterocycles. The highest BCUT2D eigenvalue weighted by Gasteiger charge is 2.16.